The topological polar surface area (TPSA) is 12.4 Å². The van der Waals surface area contributed by atoms with Gasteiger partial charge in [-0.3, -0.25) is 4.99 Å². The van der Waals surface area contributed by atoms with Crippen LogP contribution in [0.3, 0.4) is 0 Å². The lowest BCUT2D eigenvalue weighted by atomic mass is 9.86. The fraction of sp³-hybridized carbons (Fsp3) is 0.316. The first-order chi connectivity index (χ1) is 9.99. The molecule has 0 saturated heterocycles. The largest absolute Gasteiger partial charge is 0.272 e. The fourth-order valence-electron chi connectivity index (χ4n) is 3.07. The van der Waals surface area contributed by atoms with E-state index in [0.717, 1.165) is 11.5 Å². The van der Waals surface area contributed by atoms with Crippen LogP contribution in [0.25, 0.3) is 0 Å². The quantitative estimate of drug-likeness (QED) is 0.735. The Morgan fingerprint density at radius 3 is 2.05 bits per heavy atom. The molecule has 3 rings (SSSR count). The third-order valence-corrected chi connectivity index (χ3v) is 5.25. The maximum atomic E-state index is 4.98. The Kier molecular flexibility index (Phi) is 3.66. The van der Waals surface area contributed by atoms with Gasteiger partial charge >= 0.3 is 0 Å². The van der Waals surface area contributed by atoms with E-state index < -0.39 is 0 Å². The van der Waals surface area contributed by atoms with Gasteiger partial charge in [0.2, 0.25) is 0 Å². The normalized spacial score (nSPS) is 24.4. The standard InChI is InChI=1S/C19H21NS/c1-18(2)14-19(3,16-12-8-5-9-13-16)21-17(20-18)15-10-6-4-7-11-15/h4-13H,14H2,1-3H3/t19-/m0/s1. The number of thioether (sulfide) groups is 1. The summed E-state index contributed by atoms with van der Waals surface area (Å²) in [6.45, 7) is 6.81. The average Bonchev–Trinajstić information content (AvgIpc) is 2.47. The van der Waals surface area contributed by atoms with Gasteiger partial charge in [-0.05, 0) is 32.8 Å². The summed E-state index contributed by atoms with van der Waals surface area (Å²) in [5.41, 5.74) is 2.56. The SMILES string of the molecule is CC1(C)C[C@@](C)(c2ccccc2)SC(c2ccccc2)=N1. The first-order valence-corrected chi connectivity index (χ1v) is 8.20. The third-order valence-electron chi connectivity index (χ3n) is 3.90. The number of benzene rings is 2. The van der Waals surface area contributed by atoms with Gasteiger partial charge in [-0.25, -0.2) is 0 Å². The zero-order valence-corrected chi connectivity index (χ0v) is 13.7. The molecule has 0 N–H and O–H groups in total. The third kappa shape index (κ3) is 3.06. The summed E-state index contributed by atoms with van der Waals surface area (Å²) in [7, 11) is 0. The molecule has 0 spiro atoms. The smallest absolute Gasteiger partial charge is 0.0992 e. The van der Waals surface area contributed by atoms with Gasteiger partial charge in [0.1, 0.15) is 0 Å². The van der Waals surface area contributed by atoms with Crippen LogP contribution in [0.4, 0.5) is 0 Å². The summed E-state index contributed by atoms with van der Waals surface area (Å²) in [5.74, 6) is 0. The molecule has 2 heteroatoms. The Morgan fingerprint density at radius 1 is 0.857 bits per heavy atom. The maximum Gasteiger partial charge on any atom is 0.0992 e. The Bertz CT molecular complexity index is 646. The van der Waals surface area contributed by atoms with Crippen molar-refractivity contribution in [1.29, 1.82) is 0 Å². The molecule has 21 heavy (non-hydrogen) atoms. The van der Waals surface area contributed by atoms with Crippen molar-refractivity contribution in [3.63, 3.8) is 0 Å². The van der Waals surface area contributed by atoms with E-state index in [2.05, 4.69) is 81.4 Å². The second-order valence-corrected chi connectivity index (χ2v) is 7.96. The summed E-state index contributed by atoms with van der Waals surface area (Å²) in [5, 5.41) is 1.15. The molecule has 1 heterocycles. The first-order valence-electron chi connectivity index (χ1n) is 7.38. The van der Waals surface area contributed by atoms with Gasteiger partial charge in [-0.1, -0.05) is 72.4 Å². The molecule has 0 aromatic heterocycles. The molecule has 0 bridgehead atoms. The van der Waals surface area contributed by atoms with Crippen molar-refractivity contribution in [2.75, 3.05) is 0 Å². The minimum Gasteiger partial charge on any atom is -0.272 e. The average molecular weight is 295 g/mol. The molecular formula is C19H21NS. The van der Waals surface area contributed by atoms with Gasteiger partial charge in [0, 0.05) is 10.3 Å². The highest BCUT2D eigenvalue weighted by Gasteiger charge is 2.40. The van der Waals surface area contributed by atoms with Crippen molar-refractivity contribution in [1.82, 2.24) is 0 Å². The lowest BCUT2D eigenvalue weighted by Crippen LogP contribution is -2.36. The van der Waals surface area contributed by atoms with Crippen LogP contribution in [0, 0.1) is 0 Å². The number of aliphatic imine (C=N–C) groups is 1. The van der Waals surface area contributed by atoms with Crippen LogP contribution < -0.4 is 0 Å². The maximum absolute atomic E-state index is 4.98. The van der Waals surface area contributed by atoms with E-state index in [1.165, 1.54) is 11.1 Å². The van der Waals surface area contributed by atoms with E-state index in [1.807, 2.05) is 11.8 Å². The zero-order chi connectivity index (χ0) is 14.9. The second kappa shape index (κ2) is 5.34. The van der Waals surface area contributed by atoms with Crippen molar-refractivity contribution in [2.45, 2.75) is 37.5 Å². The highest BCUT2D eigenvalue weighted by molar-refractivity contribution is 8.15. The van der Waals surface area contributed by atoms with Crippen LogP contribution >= 0.6 is 11.8 Å². The zero-order valence-electron chi connectivity index (χ0n) is 12.8. The summed E-state index contributed by atoms with van der Waals surface area (Å²) >= 11 is 1.89. The van der Waals surface area contributed by atoms with E-state index in [-0.39, 0.29) is 10.3 Å². The molecule has 1 nitrogen and oxygen atoms in total. The van der Waals surface area contributed by atoms with Gasteiger partial charge in [0.15, 0.2) is 0 Å². The highest BCUT2D eigenvalue weighted by Crippen LogP contribution is 2.48. The summed E-state index contributed by atoms with van der Waals surface area (Å²) in [4.78, 5) is 4.98. The predicted octanol–water partition coefficient (Wildman–Crippen LogP) is 5.26. The van der Waals surface area contributed by atoms with Crippen molar-refractivity contribution in [3.05, 3.63) is 71.8 Å². The van der Waals surface area contributed by atoms with Crippen molar-refractivity contribution in [3.8, 4) is 0 Å². The molecule has 0 fully saturated rings. The monoisotopic (exact) mass is 295 g/mol. The molecule has 1 atom stereocenters. The molecule has 1 aliphatic heterocycles. The van der Waals surface area contributed by atoms with Crippen LogP contribution in [0.15, 0.2) is 65.7 Å². The predicted molar refractivity (Wildman–Crippen MR) is 93.1 cm³/mol. The van der Waals surface area contributed by atoms with Gasteiger partial charge in [-0.15, -0.1) is 0 Å². The molecule has 2 aromatic rings. The number of rotatable bonds is 2. The Balaban J connectivity index is 2.03. The Hall–Kier alpha value is -1.54. The van der Waals surface area contributed by atoms with E-state index in [1.54, 1.807) is 0 Å². The van der Waals surface area contributed by atoms with Crippen LogP contribution in [-0.4, -0.2) is 10.6 Å². The molecule has 0 aliphatic carbocycles. The molecule has 0 amide bonds. The van der Waals surface area contributed by atoms with Gasteiger partial charge in [-0.2, -0.15) is 0 Å². The van der Waals surface area contributed by atoms with Crippen LogP contribution in [0.2, 0.25) is 0 Å². The number of nitrogens with zero attached hydrogens (tertiary/aromatic N) is 1. The summed E-state index contributed by atoms with van der Waals surface area (Å²) in [6, 6.07) is 21.3. The molecule has 0 unspecified atom stereocenters. The van der Waals surface area contributed by atoms with Crippen LogP contribution in [-0.2, 0) is 4.75 Å². The first kappa shape index (κ1) is 14.4. The minimum atomic E-state index is -0.0407. The van der Waals surface area contributed by atoms with Gasteiger partial charge in [0.25, 0.3) is 0 Å². The lowest BCUT2D eigenvalue weighted by molar-refractivity contribution is 0.414. The van der Waals surface area contributed by atoms with Gasteiger partial charge in [0.05, 0.1) is 10.6 Å². The number of hydrogen-bond donors (Lipinski definition) is 0. The minimum absolute atomic E-state index is 0.0407. The lowest BCUT2D eigenvalue weighted by Gasteiger charge is -2.40. The van der Waals surface area contributed by atoms with Crippen molar-refractivity contribution in [2.24, 2.45) is 4.99 Å². The number of hydrogen-bond acceptors (Lipinski definition) is 2. The molecule has 0 radical (unpaired) electrons. The van der Waals surface area contributed by atoms with Gasteiger partial charge < -0.3 is 0 Å². The summed E-state index contributed by atoms with van der Waals surface area (Å²) in [6.07, 6.45) is 1.05. The Morgan fingerprint density at radius 2 is 1.43 bits per heavy atom. The second-order valence-electron chi connectivity index (χ2n) is 6.47. The van der Waals surface area contributed by atoms with Crippen LogP contribution in [0.1, 0.15) is 38.3 Å². The van der Waals surface area contributed by atoms with Crippen molar-refractivity contribution < 1.29 is 0 Å². The van der Waals surface area contributed by atoms with Crippen LogP contribution in [0.5, 0.6) is 0 Å². The van der Waals surface area contributed by atoms with E-state index >= 15 is 0 Å². The van der Waals surface area contributed by atoms with E-state index in [0.29, 0.717) is 0 Å². The molecule has 2 aromatic carbocycles. The van der Waals surface area contributed by atoms with Crippen molar-refractivity contribution >= 4 is 16.8 Å². The molecule has 0 saturated carbocycles. The van der Waals surface area contributed by atoms with E-state index in [4.69, 9.17) is 4.99 Å². The summed E-state index contributed by atoms with van der Waals surface area (Å²) < 4.78 is 0.0671. The van der Waals surface area contributed by atoms with E-state index in [9.17, 15) is 0 Å². The molecule has 108 valence electrons. The fourth-order valence-corrected chi connectivity index (χ4v) is 4.72. The molecule has 1 aliphatic rings. The Labute approximate surface area is 131 Å². The molecular weight excluding hydrogens is 274 g/mol. The highest BCUT2D eigenvalue weighted by atomic mass is 32.2.